The zero-order valence-electron chi connectivity index (χ0n) is 7.85. The first-order valence-electron chi connectivity index (χ1n) is 4.67. The molecule has 0 spiro atoms. The number of nitrogens with one attached hydrogen (secondary N) is 2. The average Bonchev–Trinajstić information content (AvgIpc) is 2.13. The molecule has 0 bridgehead atoms. The largest absolute Gasteiger partial charge is 0.302 e. The summed E-state index contributed by atoms with van der Waals surface area (Å²) < 4.78 is 0. The highest BCUT2D eigenvalue weighted by Crippen LogP contribution is 2.14. The van der Waals surface area contributed by atoms with Crippen molar-refractivity contribution in [2.75, 3.05) is 13.1 Å². The SMILES string of the molecule is CC1NCCC(C(C)C)CN1. The van der Waals surface area contributed by atoms with E-state index in [4.69, 9.17) is 0 Å². The summed E-state index contributed by atoms with van der Waals surface area (Å²) in [5, 5.41) is 6.88. The van der Waals surface area contributed by atoms with Gasteiger partial charge in [-0.15, -0.1) is 0 Å². The van der Waals surface area contributed by atoms with Crippen molar-refractivity contribution in [3.05, 3.63) is 0 Å². The molecule has 66 valence electrons. The molecule has 2 heteroatoms. The summed E-state index contributed by atoms with van der Waals surface area (Å²) >= 11 is 0. The first kappa shape index (κ1) is 9.01. The minimum Gasteiger partial charge on any atom is -0.302 e. The van der Waals surface area contributed by atoms with Crippen LogP contribution in [0.2, 0.25) is 0 Å². The Labute approximate surface area is 69.8 Å². The fourth-order valence-electron chi connectivity index (χ4n) is 1.56. The van der Waals surface area contributed by atoms with Gasteiger partial charge in [-0.2, -0.15) is 0 Å². The maximum Gasteiger partial charge on any atom is 0.0542 e. The van der Waals surface area contributed by atoms with Crippen LogP contribution in [0.4, 0.5) is 0 Å². The van der Waals surface area contributed by atoms with Gasteiger partial charge in [-0.25, -0.2) is 0 Å². The maximum absolute atomic E-state index is 3.46. The van der Waals surface area contributed by atoms with Crippen molar-refractivity contribution in [2.45, 2.75) is 33.4 Å². The highest BCUT2D eigenvalue weighted by molar-refractivity contribution is 4.73. The molecule has 0 radical (unpaired) electrons. The Bertz CT molecular complexity index is 112. The molecule has 2 N–H and O–H groups in total. The smallest absolute Gasteiger partial charge is 0.0542 e. The maximum atomic E-state index is 3.46. The van der Waals surface area contributed by atoms with Crippen LogP contribution in [-0.2, 0) is 0 Å². The molecule has 2 unspecified atom stereocenters. The molecule has 2 atom stereocenters. The summed E-state index contributed by atoms with van der Waals surface area (Å²) in [5.74, 6) is 1.67. The summed E-state index contributed by atoms with van der Waals surface area (Å²) in [6.07, 6.45) is 1.81. The molecule has 1 aliphatic rings. The van der Waals surface area contributed by atoms with E-state index in [-0.39, 0.29) is 0 Å². The molecular formula is C9H20N2. The van der Waals surface area contributed by atoms with Crippen molar-refractivity contribution < 1.29 is 0 Å². The number of rotatable bonds is 1. The van der Waals surface area contributed by atoms with Gasteiger partial charge in [-0.3, -0.25) is 0 Å². The minimum absolute atomic E-state index is 0.499. The third-order valence-electron chi connectivity index (χ3n) is 2.59. The van der Waals surface area contributed by atoms with Crippen LogP contribution in [-0.4, -0.2) is 19.3 Å². The Morgan fingerprint density at radius 1 is 1.27 bits per heavy atom. The highest BCUT2D eigenvalue weighted by Gasteiger charge is 2.16. The van der Waals surface area contributed by atoms with Gasteiger partial charge in [-0.1, -0.05) is 13.8 Å². The molecule has 0 aromatic heterocycles. The normalized spacial score (nSPS) is 33.8. The molecule has 1 rings (SSSR count). The van der Waals surface area contributed by atoms with Crippen LogP contribution in [0.15, 0.2) is 0 Å². The van der Waals surface area contributed by atoms with Crippen molar-refractivity contribution in [1.82, 2.24) is 10.6 Å². The van der Waals surface area contributed by atoms with E-state index in [9.17, 15) is 0 Å². The van der Waals surface area contributed by atoms with Gasteiger partial charge < -0.3 is 10.6 Å². The number of hydrogen-bond donors (Lipinski definition) is 2. The topological polar surface area (TPSA) is 24.1 Å². The van der Waals surface area contributed by atoms with Crippen LogP contribution in [0.25, 0.3) is 0 Å². The van der Waals surface area contributed by atoms with Crippen molar-refractivity contribution >= 4 is 0 Å². The molecule has 1 heterocycles. The van der Waals surface area contributed by atoms with Gasteiger partial charge >= 0.3 is 0 Å². The monoisotopic (exact) mass is 156 g/mol. The third-order valence-corrected chi connectivity index (χ3v) is 2.59. The van der Waals surface area contributed by atoms with Crippen molar-refractivity contribution in [3.63, 3.8) is 0 Å². The first-order valence-corrected chi connectivity index (χ1v) is 4.67. The lowest BCUT2D eigenvalue weighted by Crippen LogP contribution is -2.38. The molecule has 0 aromatic carbocycles. The van der Waals surface area contributed by atoms with Gasteiger partial charge in [0.1, 0.15) is 0 Å². The molecule has 2 nitrogen and oxygen atoms in total. The second-order valence-electron chi connectivity index (χ2n) is 3.88. The van der Waals surface area contributed by atoms with Crippen molar-refractivity contribution in [3.8, 4) is 0 Å². The fourth-order valence-corrected chi connectivity index (χ4v) is 1.56. The molecular weight excluding hydrogens is 136 g/mol. The van der Waals surface area contributed by atoms with E-state index in [2.05, 4.69) is 31.4 Å². The van der Waals surface area contributed by atoms with E-state index >= 15 is 0 Å². The van der Waals surface area contributed by atoms with E-state index in [1.165, 1.54) is 13.0 Å². The van der Waals surface area contributed by atoms with Crippen LogP contribution in [0, 0.1) is 11.8 Å². The molecule has 0 aliphatic carbocycles. The first-order chi connectivity index (χ1) is 5.20. The summed E-state index contributed by atoms with van der Waals surface area (Å²) in [4.78, 5) is 0. The third kappa shape index (κ3) is 2.80. The molecule has 1 fully saturated rings. The average molecular weight is 156 g/mol. The van der Waals surface area contributed by atoms with Gasteiger partial charge in [0.2, 0.25) is 0 Å². The van der Waals surface area contributed by atoms with Crippen LogP contribution in [0.5, 0.6) is 0 Å². The van der Waals surface area contributed by atoms with Gasteiger partial charge in [0, 0.05) is 0 Å². The van der Waals surface area contributed by atoms with Gasteiger partial charge in [0.05, 0.1) is 6.17 Å². The Kier molecular flexibility index (Phi) is 3.34. The van der Waals surface area contributed by atoms with Crippen molar-refractivity contribution in [1.29, 1.82) is 0 Å². The zero-order chi connectivity index (χ0) is 8.27. The van der Waals surface area contributed by atoms with E-state index in [1.807, 2.05) is 0 Å². The van der Waals surface area contributed by atoms with E-state index in [0.717, 1.165) is 18.4 Å². The minimum atomic E-state index is 0.499. The molecule has 1 saturated heterocycles. The molecule has 11 heavy (non-hydrogen) atoms. The molecule has 0 saturated carbocycles. The van der Waals surface area contributed by atoms with E-state index < -0.39 is 0 Å². The summed E-state index contributed by atoms with van der Waals surface area (Å²) in [6.45, 7) is 9.14. The summed E-state index contributed by atoms with van der Waals surface area (Å²) in [7, 11) is 0. The lowest BCUT2D eigenvalue weighted by atomic mass is 9.93. The predicted molar refractivity (Wildman–Crippen MR) is 48.4 cm³/mol. The van der Waals surface area contributed by atoms with Crippen LogP contribution in [0.3, 0.4) is 0 Å². The summed E-state index contributed by atoms with van der Waals surface area (Å²) in [5.41, 5.74) is 0. The lowest BCUT2D eigenvalue weighted by molar-refractivity contribution is 0.360. The molecule has 1 aliphatic heterocycles. The Balaban J connectivity index is 2.34. The standard InChI is InChI=1S/C9H20N2/c1-7(2)9-4-5-10-8(3)11-6-9/h7-11H,4-6H2,1-3H3. The fraction of sp³-hybridized carbons (Fsp3) is 1.00. The van der Waals surface area contributed by atoms with Gasteiger partial charge in [0.15, 0.2) is 0 Å². The molecule has 0 aromatic rings. The Morgan fingerprint density at radius 3 is 2.64 bits per heavy atom. The highest BCUT2D eigenvalue weighted by atomic mass is 15.1. The predicted octanol–water partition coefficient (Wildman–Crippen LogP) is 1.19. The second kappa shape index (κ2) is 4.07. The summed E-state index contributed by atoms with van der Waals surface area (Å²) in [6, 6.07) is 0. The van der Waals surface area contributed by atoms with Gasteiger partial charge in [-0.05, 0) is 38.3 Å². The second-order valence-corrected chi connectivity index (χ2v) is 3.88. The van der Waals surface area contributed by atoms with Crippen LogP contribution < -0.4 is 10.6 Å². The van der Waals surface area contributed by atoms with E-state index in [0.29, 0.717) is 6.17 Å². The zero-order valence-corrected chi connectivity index (χ0v) is 7.85. The molecule has 0 amide bonds. The lowest BCUT2D eigenvalue weighted by Gasteiger charge is -2.17. The van der Waals surface area contributed by atoms with Crippen LogP contribution >= 0.6 is 0 Å². The quantitative estimate of drug-likeness (QED) is 0.596. The number of hydrogen-bond acceptors (Lipinski definition) is 2. The Hall–Kier alpha value is -0.0800. The van der Waals surface area contributed by atoms with E-state index in [1.54, 1.807) is 0 Å². The van der Waals surface area contributed by atoms with Crippen molar-refractivity contribution in [2.24, 2.45) is 11.8 Å². The van der Waals surface area contributed by atoms with Gasteiger partial charge in [0.25, 0.3) is 0 Å². The Morgan fingerprint density at radius 2 is 2.00 bits per heavy atom. The van der Waals surface area contributed by atoms with Crippen LogP contribution in [0.1, 0.15) is 27.2 Å².